The zero-order valence-electron chi connectivity index (χ0n) is 12.4. The Hall–Kier alpha value is -1.20. The molecule has 1 aliphatic carbocycles. The van der Waals surface area contributed by atoms with Crippen LogP contribution in [0.2, 0.25) is 0 Å². The van der Waals surface area contributed by atoms with E-state index in [2.05, 4.69) is 21.7 Å². The Labute approximate surface area is 120 Å². The van der Waals surface area contributed by atoms with Crippen molar-refractivity contribution in [2.24, 2.45) is 0 Å². The Balaban J connectivity index is 1.67. The number of piperazine rings is 1. The Morgan fingerprint density at radius 2 is 2.20 bits per heavy atom. The van der Waals surface area contributed by atoms with Crippen molar-refractivity contribution < 1.29 is 5.11 Å². The Morgan fingerprint density at radius 3 is 2.85 bits per heavy atom. The van der Waals surface area contributed by atoms with Crippen LogP contribution in [0, 0.1) is 0 Å². The summed E-state index contributed by atoms with van der Waals surface area (Å²) in [5.41, 5.74) is 0. The zero-order chi connectivity index (χ0) is 14.1. The number of hydrogen-bond donors (Lipinski definition) is 1. The quantitative estimate of drug-likeness (QED) is 0.897. The van der Waals surface area contributed by atoms with Crippen LogP contribution in [0.15, 0.2) is 12.3 Å². The van der Waals surface area contributed by atoms with Crippen molar-refractivity contribution in [2.75, 3.05) is 31.1 Å². The number of nitrogens with zero attached hydrogens (tertiary/aromatic N) is 4. The van der Waals surface area contributed by atoms with Crippen molar-refractivity contribution in [3.8, 4) is 0 Å². The van der Waals surface area contributed by atoms with Gasteiger partial charge in [0.25, 0.3) is 0 Å². The van der Waals surface area contributed by atoms with Crippen molar-refractivity contribution in [3.63, 3.8) is 0 Å². The van der Waals surface area contributed by atoms with E-state index < -0.39 is 0 Å². The van der Waals surface area contributed by atoms with Crippen LogP contribution in [-0.4, -0.2) is 58.3 Å². The lowest BCUT2D eigenvalue weighted by Crippen LogP contribution is -2.53. The van der Waals surface area contributed by atoms with Crippen LogP contribution < -0.4 is 4.90 Å². The summed E-state index contributed by atoms with van der Waals surface area (Å²) in [4.78, 5) is 13.8. The molecular weight excluding hydrogens is 252 g/mol. The van der Waals surface area contributed by atoms with E-state index in [4.69, 9.17) is 4.98 Å². The summed E-state index contributed by atoms with van der Waals surface area (Å²) in [7, 11) is 0. The van der Waals surface area contributed by atoms with Crippen molar-refractivity contribution in [3.05, 3.63) is 18.1 Å². The third kappa shape index (κ3) is 3.10. The molecule has 5 heteroatoms. The summed E-state index contributed by atoms with van der Waals surface area (Å²) in [6.45, 7) is 7.77. The number of aromatic nitrogens is 2. The molecule has 0 radical (unpaired) electrons. The Morgan fingerprint density at radius 1 is 1.40 bits per heavy atom. The third-order valence-corrected chi connectivity index (χ3v) is 4.13. The normalized spacial score (nSPS) is 25.8. The van der Waals surface area contributed by atoms with Crippen molar-refractivity contribution in [2.45, 2.75) is 44.8 Å². The van der Waals surface area contributed by atoms with Gasteiger partial charge in [0, 0.05) is 44.3 Å². The van der Waals surface area contributed by atoms with Crippen LogP contribution in [0.4, 0.5) is 5.82 Å². The third-order valence-electron chi connectivity index (χ3n) is 4.13. The highest BCUT2D eigenvalue weighted by Crippen LogP contribution is 2.38. The van der Waals surface area contributed by atoms with E-state index in [0.29, 0.717) is 12.0 Å². The van der Waals surface area contributed by atoms with Gasteiger partial charge < -0.3 is 10.0 Å². The lowest BCUT2D eigenvalue weighted by atomic mass is 10.1. The van der Waals surface area contributed by atoms with E-state index in [-0.39, 0.29) is 6.10 Å². The van der Waals surface area contributed by atoms with E-state index in [1.165, 1.54) is 12.8 Å². The average Bonchev–Trinajstić information content (AvgIpc) is 3.22. The molecule has 2 atom stereocenters. The number of aliphatic hydroxyl groups excluding tert-OH is 1. The highest BCUT2D eigenvalue weighted by atomic mass is 16.3. The van der Waals surface area contributed by atoms with Gasteiger partial charge in [-0.25, -0.2) is 9.97 Å². The first-order valence-corrected chi connectivity index (χ1v) is 7.63. The summed E-state index contributed by atoms with van der Waals surface area (Å²) in [6, 6.07) is 2.44. The van der Waals surface area contributed by atoms with Gasteiger partial charge in [-0.1, -0.05) is 0 Å². The largest absolute Gasteiger partial charge is 0.392 e. The molecule has 0 aromatic carbocycles. The molecule has 2 fully saturated rings. The van der Waals surface area contributed by atoms with Crippen molar-refractivity contribution in [1.82, 2.24) is 14.9 Å². The molecule has 20 heavy (non-hydrogen) atoms. The Kier molecular flexibility index (Phi) is 3.89. The van der Waals surface area contributed by atoms with Gasteiger partial charge in [0.2, 0.25) is 0 Å². The number of hydrogen-bond acceptors (Lipinski definition) is 5. The van der Waals surface area contributed by atoms with Crippen LogP contribution >= 0.6 is 0 Å². The van der Waals surface area contributed by atoms with Gasteiger partial charge >= 0.3 is 0 Å². The molecule has 1 aromatic rings. The minimum atomic E-state index is -0.255. The summed E-state index contributed by atoms with van der Waals surface area (Å²) in [5, 5.41) is 9.50. The first-order valence-electron chi connectivity index (χ1n) is 7.63. The molecule has 2 unspecified atom stereocenters. The highest BCUT2D eigenvalue weighted by molar-refractivity contribution is 5.40. The molecule has 5 nitrogen and oxygen atoms in total. The maximum absolute atomic E-state index is 9.50. The molecule has 1 N–H and O–H groups in total. The van der Waals surface area contributed by atoms with Crippen molar-refractivity contribution in [1.29, 1.82) is 0 Å². The molecule has 110 valence electrons. The monoisotopic (exact) mass is 276 g/mol. The highest BCUT2D eigenvalue weighted by Gasteiger charge is 2.29. The van der Waals surface area contributed by atoms with Crippen molar-refractivity contribution >= 4 is 5.82 Å². The molecule has 2 heterocycles. The fraction of sp³-hybridized carbons (Fsp3) is 0.733. The minimum absolute atomic E-state index is 0.255. The smallest absolute Gasteiger partial charge is 0.133 e. The lowest BCUT2D eigenvalue weighted by Gasteiger charge is -2.41. The first kappa shape index (κ1) is 13.8. The van der Waals surface area contributed by atoms with Gasteiger partial charge in [0.05, 0.1) is 6.10 Å². The summed E-state index contributed by atoms with van der Waals surface area (Å²) < 4.78 is 0. The van der Waals surface area contributed by atoms with Crippen LogP contribution in [0.3, 0.4) is 0 Å². The number of aliphatic hydroxyl groups is 1. The van der Waals surface area contributed by atoms with E-state index >= 15 is 0 Å². The van der Waals surface area contributed by atoms with Gasteiger partial charge in [-0.2, -0.15) is 0 Å². The summed E-state index contributed by atoms with van der Waals surface area (Å²) in [5.74, 6) is 2.67. The molecular formula is C15H24N4O. The first-order chi connectivity index (χ1) is 9.63. The second kappa shape index (κ2) is 5.66. The fourth-order valence-corrected chi connectivity index (χ4v) is 2.97. The summed E-state index contributed by atoms with van der Waals surface area (Å²) >= 11 is 0. The molecule has 3 rings (SSSR count). The van der Waals surface area contributed by atoms with Gasteiger partial charge in [-0.3, -0.25) is 4.90 Å². The molecule has 1 saturated heterocycles. The average molecular weight is 276 g/mol. The van der Waals surface area contributed by atoms with Crippen LogP contribution in [-0.2, 0) is 0 Å². The van der Waals surface area contributed by atoms with Gasteiger partial charge in [-0.15, -0.1) is 0 Å². The maximum atomic E-state index is 9.50. The zero-order valence-corrected chi connectivity index (χ0v) is 12.4. The second-order valence-corrected chi connectivity index (χ2v) is 6.20. The molecule has 1 aliphatic heterocycles. The number of β-amino-alcohol motifs (C(OH)–C–C–N with tert-alkyl or cyclic N) is 1. The van der Waals surface area contributed by atoms with E-state index in [1.807, 2.05) is 19.2 Å². The topological polar surface area (TPSA) is 52.5 Å². The van der Waals surface area contributed by atoms with Gasteiger partial charge in [-0.05, 0) is 32.8 Å². The lowest BCUT2D eigenvalue weighted by molar-refractivity contribution is 0.114. The molecule has 1 saturated carbocycles. The van der Waals surface area contributed by atoms with E-state index in [0.717, 1.165) is 37.8 Å². The van der Waals surface area contributed by atoms with Gasteiger partial charge in [0.15, 0.2) is 0 Å². The van der Waals surface area contributed by atoms with Crippen LogP contribution in [0.5, 0.6) is 0 Å². The predicted octanol–water partition coefficient (Wildman–Crippen LogP) is 1.25. The standard InChI is InChI=1S/C15H24N4O/c1-11-9-18(10-12(2)20)7-8-19(11)14-5-6-16-15(17-14)13-3-4-13/h5-6,11-13,20H,3-4,7-10H2,1-2H3. The second-order valence-electron chi connectivity index (χ2n) is 6.20. The predicted molar refractivity (Wildman–Crippen MR) is 78.9 cm³/mol. The van der Waals surface area contributed by atoms with E-state index in [1.54, 1.807) is 0 Å². The molecule has 0 bridgehead atoms. The van der Waals surface area contributed by atoms with Gasteiger partial charge in [0.1, 0.15) is 11.6 Å². The molecule has 1 aromatic heterocycles. The minimum Gasteiger partial charge on any atom is -0.392 e. The summed E-state index contributed by atoms with van der Waals surface area (Å²) in [6.07, 6.45) is 4.11. The fourth-order valence-electron chi connectivity index (χ4n) is 2.97. The molecule has 0 amide bonds. The molecule has 0 spiro atoms. The Bertz CT molecular complexity index is 461. The molecule has 2 aliphatic rings. The van der Waals surface area contributed by atoms with Crippen LogP contribution in [0.1, 0.15) is 38.4 Å². The number of rotatable bonds is 4. The SMILES string of the molecule is CC(O)CN1CCN(c2ccnc(C3CC3)n2)C(C)C1. The van der Waals surface area contributed by atoms with Crippen LogP contribution in [0.25, 0.3) is 0 Å². The maximum Gasteiger partial charge on any atom is 0.133 e. The van der Waals surface area contributed by atoms with E-state index in [9.17, 15) is 5.11 Å². The number of anilines is 1.